The number of halogens is 1. The average molecular weight is 471 g/mol. The van der Waals surface area contributed by atoms with Crippen molar-refractivity contribution < 1.29 is 4.79 Å². The fourth-order valence-electron chi connectivity index (χ4n) is 2.60. The molecule has 0 bridgehead atoms. The predicted octanol–water partition coefficient (Wildman–Crippen LogP) is 3.98. The third kappa shape index (κ3) is 5.65. The van der Waals surface area contributed by atoms with Crippen molar-refractivity contribution in [3.8, 4) is 0 Å². The number of benzene rings is 2. The fraction of sp³-hybridized carbons (Fsp3) is 0.143. The van der Waals surface area contributed by atoms with Crippen molar-refractivity contribution in [3.63, 3.8) is 0 Å². The van der Waals surface area contributed by atoms with E-state index in [1.54, 1.807) is 29.0 Å². The van der Waals surface area contributed by atoms with Crippen molar-refractivity contribution in [3.05, 3.63) is 81.1 Å². The number of nitrogens with zero attached hydrogens (tertiary/aromatic N) is 3. The molecule has 3 aromatic rings. The molecule has 0 aliphatic heterocycles. The third-order valence-corrected chi connectivity index (χ3v) is 5.31. The highest BCUT2D eigenvalue weighted by molar-refractivity contribution is 9.10. The molecule has 0 atom stereocenters. The first-order valence-corrected chi connectivity index (χ1v) is 10.6. The summed E-state index contributed by atoms with van der Waals surface area (Å²) in [4.78, 5) is 29.6. The van der Waals surface area contributed by atoms with Crippen LogP contribution in [0.3, 0.4) is 0 Å². The van der Waals surface area contributed by atoms with E-state index in [1.807, 2.05) is 37.3 Å². The van der Waals surface area contributed by atoms with Crippen LogP contribution in [0.1, 0.15) is 12.5 Å². The molecule has 0 radical (unpaired) electrons. The number of nitrogens with one attached hydrogen (secondary N) is 1. The minimum atomic E-state index is -0.287. The van der Waals surface area contributed by atoms with Gasteiger partial charge < -0.3 is 0 Å². The molecular weight excluding hydrogens is 452 g/mol. The van der Waals surface area contributed by atoms with Crippen molar-refractivity contribution in [2.75, 3.05) is 5.75 Å². The predicted molar refractivity (Wildman–Crippen MR) is 121 cm³/mol. The first-order chi connectivity index (χ1) is 13.9. The van der Waals surface area contributed by atoms with Crippen molar-refractivity contribution in [1.29, 1.82) is 0 Å². The van der Waals surface area contributed by atoms with Crippen LogP contribution in [-0.4, -0.2) is 27.4 Å². The highest BCUT2D eigenvalue weighted by Crippen LogP contribution is 2.18. The number of amides is 1. The standard InChI is InChI=1S/C21H19BrN4O2S/c1-14(2)12-26-20(28)17-8-3-4-9-18(17)24-21(26)29-13-19(27)25-23-11-15-6-5-7-16(22)10-15/h3-11H,1,12-13H2,2H3,(H,25,27)/b23-11-. The van der Waals surface area contributed by atoms with E-state index in [9.17, 15) is 9.59 Å². The Hall–Kier alpha value is -2.71. The number of hydrogen-bond acceptors (Lipinski definition) is 5. The second kappa shape index (κ2) is 9.67. The number of fused-ring (bicyclic) bond motifs is 1. The van der Waals surface area contributed by atoms with Crippen LogP contribution in [0.25, 0.3) is 10.9 Å². The molecule has 1 N–H and O–H groups in total. The molecule has 0 unspecified atom stereocenters. The van der Waals surface area contributed by atoms with Gasteiger partial charge >= 0.3 is 0 Å². The Morgan fingerprint density at radius 3 is 2.86 bits per heavy atom. The Kier molecular flexibility index (Phi) is 7.00. The van der Waals surface area contributed by atoms with E-state index in [1.165, 1.54) is 11.8 Å². The van der Waals surface area contributed by atoms with Gasteiger partial charge in [0.15, 0.2) is 5.16 Å². The summed E-state index contributed by atoms with van der Waals surface area (Å²) in [5, 5.41) is 4.99. The average Bonchev–Trinajstić information content (AvgIpc) is 2.69. The van der Waals surface area contributed by atoms with Crippen LogP contribution in [0, 0.1) is 0 Å². The van der Waals surface area contributed by atoms with E-state index < -0.39 is 0 Å². The van der Waals surface area contributed by atoms with E-state index in [-0.39, 0.29) is 17.2 Å². The summed E-state index contributed by atoms with van der Waals surface area (Å²) in [6.45, 7) is 6.08. The Bertz CT molecular complexity index is 1160. The zero-order chi connectivity index (χ0) is 20.8. The number of hydrazone groups is 1. The van der Waals surface area contributed by atoms with E-state index in [2.05, 4.69) is 38.0 Å². The Morgan fingerprint density at radius 1 is 1.31 bits per heavy atom. The summed E-state index contributed by atoms with van der Waals surface area (Å²) < 4.78 is 2.48. The first-order valence-electron chi connectivity index (χ1n) is 8.78. The molecular formula is C21H19BrN4O2S. The molecule has 0 spiro atoms. The van der Waals surface area contributed by atoms with Crippen LogP contribution in [0.2, 0.25) is 0 Å². The molecule has 0 aliphatic rings. The molecule has 0 fully saturated rings. The number of para-hydroxylation sites is 1. The lowest BCUT2D eigenvalue weighted by molar-refractivity contribution is -0.118. The lowest BCUT2D eigenvalue weighted by Gasteiger charge is -2.12. The summed E-state index contributed by atoms with van der Waals surface area (Å²) in [7, 11) is 0. The molecule has 148 valence electrons. The van der Waals surface area contributed by atoms with E-state index in [0.717, 1.165) is 15.6 Å². The number of rotatable bonds is 7. The maximum Gasteiger partial charge on any atom is 0.262 e. The van der Waals surface area contributed by atoms with E-state index >= 15 is 0 Å². The molecule has 29 heavy (non-hydrogen) atoms. The molecule has 8 heteroatoms. The summed E-state index contributed by atoms with van der Waals surface area (Å²) in [6, 6.07) is 14.7. The monoisotopic (exact) mass is 470 g/mol. The highest BCUT2D eigenvalue weighted by atomic mass is 79.9. The molecule has 6 nitrogen and oxygen atoms in total. The van der Waals surface area contributed by atoms with E-state index in [0.29, 0.717) is 22.6 Å². The lowest BCUT2D eigenvalue weighted by Crippen LogP contribution is -2.25. The van der Waals surface area contributed by atoms with Gasteiger partial charge in [-0.05, 0) is 36.8 Å². The molecule has 2 aromatic carbocycles. The SMILES string of the molecule is C=C(C)Cn1c(SCC(=O)N/N=C\c2cccc(Br)c2)nc2ccccc2c1=O. The molecule has 0 saturated heterocycles. The Labute approximate surface area is 180 Å². The number of carbonyl (C=O) groups excluding carboxylic acids is 1. The molecule has 0 aliphatic carbocycles. The quantitative estimate of drug-likeness (QED) is 0.186. The molecule has 3 rings (SSSR count). The minimum absolute atomic E-state index is 0.0802. The van der Waals surface area contributed by atoms with Gasteiger partial charge in [0.05, 0.1) is 22.9 Å². The van der Waals surface area contributed by atoms with Gasteiger partial charge in [-0.2, -0.15) is 5.10 Å². The van der Waals surface area contributed by atoms with Gasteiger partial charge in [-0.25, -0.2) is 10.4 Å². The van der Waals surface area contributed by atoms with E-state index in [4.69, 9.17) is 0 Å². The first kappa shape index (κ1) is 21.0. The van der Waals surface area contributed by atoms with Crippen molar-refractivity contribution in [2.45, 2.75) is 18.6 Å². The molecule has 0 saturated carbocycles. The zero-order valence-corrected chi connectivity index (χ0v) is 18.2. The van der Waals surface area contributed by atoms with Gasteiger partial charge in [0.2, 0.25) is 0 Å². The Balaban J connectivity index is 1.73. The topological polar surface area (TPSA) is 76.3 Å². The largest absolute Gasteiger partial charge is 0.283 e. The summed E-state index contributed by atoms with van der Waals surface area (Å²) >= 11 is 4.58. The summed E-state index contributed by atoms with van der Waals surface area (Å²) in [6.07, 6.45) is 1.57. The third-order valence-electron chi connectivity index (χ3n) is 3.84. The van der Waals surface area contributed by atoms with Crippen LogP contribution < -0.4 is 11.0 Å². The normalized spacial score (nSPS) is 11.1. The van der Waals surface area contributed by atoms with Gasteiger partial charge in [0.1, 0.15) is 0 Å². The highest BCUT2D eigenvalue weighted by Gasteiger charge is 2.13. The van der Waals surface area contributed by atoms with Crippen LogP contribution >= 0.6 is 27.7 Å². The van der Waals surface area contributed by atoms with Gasteiger partial charge in [0.25, 0.3) is 11.5 Å². The second-order valence-electron chi connectivity index (χ2n) is 6.40. The van der Waals surface area contributed by atoms with Gasteiger partial charge in [-0.15, -0.1) is 0 Å². The number of aromatic nitrogens is 2. The number of allylic oxidation sites excluding steroid dienone is 1. The van der Waals surface area contributed by atoms with Crippen LogP contribution in [0.4, 0.5) is 0 Å². The number of thioether (sulfide) groups is 1. The summed E-state index contributed by atoms with van der Waals surface area (Å²) in [5.74, 6) is -0.206. The van der Waals surface area contributed by atoms with Crippen molar-refractivity contribution >= 4 is 50.7 Å². The molecule has 1 aromatic heterocycles. The fourth-order valence-corrected chi connectivity index (χ4v) is 3.80. The number of hydrogen-bond donors (Lipinski definition) is 1. The van der Waals surface area contributed by atoms with Gasteiger partial charge in [-0.1, -0.05) is 64.1 Å². The van der Waals surface area contributed by atoms with Crippen LogP contribution in [-0.2, 0) is 11.3 Å². The van der Waals surface area contributed by atoms with Crippen molar-refractivity contribution in [2.24, 2.45) is 5.10 Å². The molecule has 1 heterocycles. The lowest BCUT2D eigenvalue weighted by atomic mass is 10.2. The smallest absolute Gasteiger partial charge is 0.262 e. The maximum absolute atomic E-state index is 12.8. The summed E-state index contributed by atoms with van der Waals surface area (Å²) in [5.41, 5.74) is 4.64. The van der Waals surface area contributed by atoms with Gasteiger partial charge in [0, 0.05) is 11.0 Å². The second-order valence-corrected chi connectivity index (χ2v) is 8.25. The van der Waals surface area contributed by atoms with Crippen LogP contribution in [0.5, 0.6) is 0 Å². The van der Waals surface area contributed by atoms with Gasteiger partial charge in [-0.3, -0.25) is 14.2 Å². The van der Waals surface area contributed by atoms with Crippen molar-refractivity contribution in [1.82, 2.24) is 15.0 Å². The Morgan fingerprint density at radius 2 is 2.10 bits per heavy atom. The van der Waals surface area contributed by atoms with Crippen LogP contribution in [0.15, 0.2) is 80.2 Å². The minimum Gasteiger partial charge on any atom is -0.283 e. The number of carbonyl (C=O) groups is 1. The molecule has 1 amide bonds. The maximum atomic E-state index is 12.8. The zero-order valence-electron chi connectivity index (χ0n) is 15.8.